The second-order valence-corrected chi connectivity index (χ2v) is 14.5. The van der Waals surface area contributed by atoms with Crippen molar-refractivity contribution in [1.29, 1.82) is 0 Å². The van der Waals surface area contributed by atoms with E-state index in [1.807, 2.05) is 55.7 Å². The molecule has 5 heteroatoms. The molecule has 0 saturated carbocycles. The van der Waals surface area contributed by atoms with Gasteiger partial charge in [0.25, 0.3) is 0 Å². The normalized spacial score (nSPS) is 11.5. The molecule has 0 bridgehead atoms. The van der Waals surface area contributed by atoms with Crippen molar-refractivity contribution in [3.8, 4) is 33.8 Å². The van der Waals surface area contributed by atoms with E-state index in [1.54, 1.807) is 0 Å². The molecule has 1 radical (unpaired) electrons. The molecule has 0 aliphatic carbocycles. The fourth-order valence-corrected chi connectivity index (χ4v) is 6.45. The Morgan fingerprint density at radius 1 is 0.680 bits per heavy atom. The van der Waals surface area contributed by atoms with Gasteiger partial charge in [0.1, 0.15) is 0 Å². The molecule has 0 unspecified atom stereocenters. The van der Waals surface area contributed by atoms with Gasteiger partial charge in [-0.15, -0.1) is 54.1 Å². The van der Waals surface area contributed by atoms with Crippen LogP contribution < -0.4 is 0 Å². The largest absolute Gasteiger partial charge is 0.486 e. The van der Waals surface area contributed by atoms with Gasteiger partial charge in [0, 0.05) is 43.4 Å². The third-order valence-corrected chi connectivity index (χ3v) is 8.99. The molecule has 0 aliphatic heterocycles. The van der Waals surface area contributed by atoms with Crippen molar-refractivity contribution in [2.24, 2.45) is 0 Å². The summed E-state index contributed by atoms with van der Waals surface area (Å²) >= 11 is 0. The first-order valence-corrected chi connectivity index (χ1v) is 17.2. The number of nitrogens with zero attached hydrogens (tertiary/aromatic N) is 3. The molecule has 50 heavy (non-hydrogen) atoms. The van der Waals surface area contributed by atoms with Crippen LogP contribution in [0.3, 0.4) is 0 Å². The Hall–Kier alpha value is -4.44. The van der Waals surface area contributed by atoms with Crippen LogP contribution in [-0.2, 0) is 25.5 Å². The SMILES string of the molecule is Cc1ccc(-c2[c-]cccc2)nc1.Cc1cnc(-c2[c-]ccc3c2oc2nc(-c4c(C(C)C)cccc4C(C)C)ccc23)cc1C(C)(C)C.[Ir]. The number of benzene rings is 3. The number of hydrogen-bond acceptors (Lipinski definition) is 4. The van der Waals surface area contributed by atoms with E-state index in [1.165, 1.54) is 33.4 Å². The van der Waals surface area contributed by atoms with E-state index in [-0.39, 0.29) is 25.5 Å². The van der Waals surface area contributed by atoms with Gasteiger partial charge in [0.2, 0.25) is 5.71 Å². The molecule has 0 N–H and O–H groups in total. The maximum absolute atomic E-state index is 6.47. The second kappa shape index (κ2) is 15.2. The molecule has 4 heterocycles. The molecular formula is C45H45IrN3O-2. The van der Waals surface area contributed by atoms with Gasteiger partial charge in [-0.25, -0.2) is 4.98 Å². The predicted molar refractivity (Wildman–Crippen MR) is 204 cm³/mol. The van der Waals surface area contributed by atoms with Crippen LogP contribution in [0, 0.1) is 26.0 Å². The summed E-state index contributed by atoms with van der Waals surface area (Å²) in [6.07, 6.45) is 3.83. The van der Waals surface area contributed by atoms with Gasteiger partial charge in [-0.05, 0) is 82.4 Å². The maximum Gasteiger partial charge on any atom is 0.216 e. The van der Waals surface area contributed by atoms with E-state index in [4.69, 9.17) is 14.4 Å². The van der Waals surface area contributed by atoms with E-state index < -0.39 is 0 Å². The van der Waals surface area contributed by atoms with Crippen molar-refractivity contribution in [2.45, 2.75) is 79.6 Å². The summed E-state index contributed by atoms with van der Waals surface area (Å²) in [6.45, 7) is 19.8. The molecule has 0 fully saturated rings. The van der Waals surface area contributed by atoms with Crippen LogP contribution in [0.5, 0.6) is 0 Å². The molecule has 7 rings (SSSR count). The van der Waals surface area contributed by atoms with Crippen molar-refractivity contribution in [3.05, 3.63) is 137 Å². The van der Waals surface area contributed by atoms with Gasteiger partial charge in [0.15, 0.2) is 0 Å². The summed E-state index contributed by atoms with van der Waals surface area (Å²) in [6, 6.07) is 35.6. The Bertz CT molecular complexity index is 2200. The average molecular weight is 836 g/mol. The number of pyridine rings is 3. The zero-order valence-corrected chi connectivity index (χ0v) is 32.9. The van der Waals surface area contributed by atoms with Gasteiger partial charge in [-0.2, -0.15) is 0 Å². The fourth-order valence-electron chi connectivity index (χ4n) is 6.45. The minimum atomic E-state index is 0. The average Bonchev–Trinajstić information content (AvgIpc) is 3.47. The van der Waals surface area contributed by atoms with Crippen molar-refractivity contribution in [2.75, 3.05) is 0 Å². The monoisotopic (exact) mass is 836 g/mol. The summed E-state index contributed by atoms with van der Waals surface area (Å²) < 4.78 is 6.47. The van der Waals surface area contributed by atoms with Gasteiger partial charge < -0.3 is 14.4 Å². The number of furan rings is 1. The summed E-state index contributed by atoms with van der Waals surface area (Å²) in [7, 11) is 0. The maximum atomic E-state index is 6.47. The molecule has 4 aromatic heterocycles. The number of hydrogen-bond donors (Lipinski definition) is 0. The third kappa shape index (κ3) is 7.65. The first-order chi connectivity index (χ1) is 23.4. The minimum absolute atomic E-state index is 0. The molecular weight excluding hydrogens is 791 g/mol. The minimum Gasteiger partial charge on any atom is -0.486 e. The third-order valence-electron chi connectivity index (χ3n) is 8.99. The Kier molecular flexibility index (Phi) is 11.2. The summed E-state index contributed by atoms with van der Waals surface area (Å²) in [5.41, 5.74) is 13.7. The first-order valence-electron chi connectivity index (χ1n) is 17.2. The Morgan fingerprint density at radius 2 is 1.38 bits per heavy atom. The summed E-state index contributed by atoms with van der Waals surface area (Å²) in [5.74, 6) is 0.801. The summed E-state index contributed by atoms with van der Waals surface area (Å²) in [5, 5.41) is 2.05. The Balaban J connectivity index is 0.000000291. The molecule has 0 spiro atoms. The van der Waals surface area contributed by atoms with Crippen molar-refractivity contribution in [1.82, 2.24) is 15.0 Å². The Labute approximate surface area is 310 Å². The predicted octanol–water partition coefficient (Wildman–Crippen LogP) is 12.2. The molecule has 257 valence electrons. The molecule has 0 aliphatic rings. The van der Waals surface area contributed by atoms with E-state index >= 15 is 0 Å². The second-order valence-electron chi connectivity index (χ2n) is 14.5. The van der Waals surface area contributed by atoms with Crippen LogP contribution >= 0.6 is 0 Å². The van der Waals surface area contributed by atoms with Crippen LogP contribution in [0.2, 0.25) is 0 Å². The molecule has 7 aromatic rings. The zero-order chi connectivity index (χ0) is 34.9. The summed E-state index contributed by atoms with van der Waals surface area (Å²) in [4.78, 5) is 14.1. The molecule has 4 nitrogen and oxygen atoms in total. The van der Waals surface area contributed by atoms with Crippen molar-refractivity contribution < 1.29 is 24.5 Å². The van der Waals surface area contributed by atoms with Gasteiger partial charge in [0.05, 0.1) is 11.3 Å². The van der Waals surface area contributed by atoms with Crippen LogP contribution in [0.15, 0.2) is 102 Å². The van der Waals surface area contributed by atoms with Gasteiger partial charge in [-0.3, -0.25) is 0 Å². The van der Waals surface area contributed by atoms with Crippen molar-refractivity contribution >= 4 is 22.1 Å². The standard InChI is InChI=1S/C33H35N2O.C12H10N.Ir/c1-19(2)22-11-9-12-23(20(3)4)30(22)28-16-15-25-24-13-10-14-26(31(24)36-32(25)35-28)29-17-27(33(6,7)8)21(5)18-34-29;1-10-7-8-12(13-9-10)11-5-3-2-4-6-11;/h9-13,15-20H,1-8H3;2-5,7-9H,1H3;/q2*-1;. The van der Waals surface area contributed by atoms with Gasteiger partial charge >= 0.3 is 0 Å². The van der Waals surface area contributed by atoms with Gasteiger partial charge in [-0.1, -0.05) is 95.8 Å². The smallest absolute Gasteiger partial charge is 0.216 e. The van der Waals surface area contributed by atoms with Crippen molar-refractivity contribution in [3.63, 3.8) is 0 Å². The van der Waals surface area contributed by atoms with E-state index in [2.05, 4.69) is 121 Å². The van der Waals surface area contributed by atoms with E-state index in [0.29, 0.717) is 17.5 Å². The van der Waals surface area contributed by atoms with Crippen LogP contribution in [0.4, 0.5) is 0 Å². The number of rotatable bonds is 5. The number of aryl methyl sites for hydroxylation is 2. The first kappa shape index (κ1) is 36.8. The molecule has 3 aromatic carbocycles. The molecule has 0 atom stereocenters. The molecule has 0 saturated heterocycles. The van der Waals surface area contributed by atoms with E-state index in [0.717, 1.165) is 44.6 Å². The Morgan fingerprint density at radius 3 is 2.00 bits per heavy atom. The molecule has 0 amide bonds. The van der Waals surface area contributed by atoms with Crippen LogP contribution in [-0.4, -0.2) is 15.0 Å². The topological polar surface area (TPSA) is 51.8 Å². The van der Waals surface area contributed by atoms with Crippen LogP contribution in [0.1, 0.15) is 88.1 Å². The quantitative estimate of drug-likeness (QED) is 0.162. The number of aromatic nitrogens is 3. The fraction of sp³-hybridized carbons (Fsp3) is 0.267. The zero-order valence-electron chi connectivity index (χ0n) is 30.5. The number of fused-ring (bicyclic) bond motifs is 3. The van der Waals surface area contributed by atoms with E-state index in [9.17, 15) is 0 Å². The van der Waals surface area contributed by atoms with Crippen LogP contribution in [0.25, 0.3) is 55.8 Å².